The van der Waals surface area contributed by atoms with Gasteiger partial charge in [-0.25, -0.2) is 0 Å². The zero-order chi connectivity index (χ0) is 11.8. The lowest BCUT2D eigenvalue weighted by Crippen LogP contribution is -2.43. The lowest BCUT2D eigenvalue weighted by molar-refractivity contribution is 0.189. The van der Waals surface area contributed by atoms with Crippen LogP contribution in [0, 0.1) is 11.8 Å². The summed E-state index contributed by atoms with van der Waals surface area (Å²) < 4.78 is 5.05. The third-order valence-corrected chi connectivity index (χ3v) is 3.95. The summed E-state index contributed by atoms with van der Waals surface area (Å²) in [5.74, 6) is 1.73. The summed E-state index contributed by atoms with van der Waals surface area (Å²) in [6.07, 6.45) is 8.02. The van der Waals surface area contributed by atoms with Crippen LogP contribution in [0.5, 0.6) is 0 Å². The van der Waals surface area contributed by atoms with Crippen LogP contribution < -0.4 is 5.32 Å². The van der Waals surface area contributed by atoms with E-state index < -0.39 is 0 Å². The van der Waals surface area contributed by atoms with E-state index in [1.54, 1.807) is 7.11 Å². The number of ether oxygens (including phenoxy) is 1. The van der Waals surface area contributed by atoms with Crippen LogP contribution >= 0.6 is 0 Å². The molecule has 1 fully saturated rings. The van der Waals surface area contributed by atoms with Crippen molar-refractivity contribution in [2.75, 3.05) is 20.3 Å². The second-order valence-corrected chi connectivity index (χ2v) is 5.42. The predicted molar refractivity (Wildman–Crippen MR) is 69.7 cm³/mol. The highest BCUT2D eigenvalue weighted by Crippen LogP contribution is 2.28. The fourth-order valence-corrected chi connectivity index (χ4v) is 2.90. The maximum absolute atomic E-state index is 5.05. The first-order valence-electron chi connectivity index (χ1n) is 6.98. The molecule has 2 unspecified atom stereocenters. The molecule has 0 aromatic heterocycles. The molecule has 0 radical (unpaired) electrons. The summed E-state index contributed by atoms with van der Waals surface area (Å²) in [7, 11) is 1.78. The van der Waals surface area contributed by atoms with Crippen molar-refractivity contribution in [1.82, 2.24) is 5.32 Å². The van der Waals surface area contributed by atoms with E-state index in [0.29, 0.717) is 0 Å². The molecule has 0 aromatic rings. The molecule has 1 aliphatic rings. The van der Waals surface area contributed by atoms with Gasteiger partial charge in [0.15, 0.2) is 0 Å². The van der Waals surface area contributed by atoms with Gasteiger partial charge in [0.1, 0.15) is 0 Å². The molecule has 96 valence electrons. The zero-order valence-electron chi connectivity index (χ0n) is 11.3. The van der Waals surface area contributed by atoms with Gasteiger partial charge >= 0.3 is 0 Å². The molecule has 2 atom stereocenters. The van der Waals surface area contributed by atoms with Crippen molar-refractivity contribution in [2.45, 2.75) is 58.4 Å². The molecule has 0 aliphatic heterocycles. The summed E-state index contributed by atoms with van der Waals surface area (Å²) in [6.45, 7) is 6.90. The maximum Gasteiger partial charge on any atom is 0.0462 e. The Morgan fingerprint density at radius 2 is 1.75 bits per heavy atom. The molecular weight excluding hydrogens is 198 g/mol. The number of hydrogen-bond acceptors (Lipinski definition) is 2. The minimum atomic E-state index is 0.760. The smallest absolute Gasteiger partial charge is 0.0462 e. The molecule has 0 spiro atoms. The quantitative estimate of drug-likeness (QED) is 0.674. The largest absolute Gasteiger partial charge is 0.385 e. The van der Waals surface area contributed by atoms with E-state index in [0.717, 1.165) is 24.5 Å². The van der Waals surface area contributed by atoms with Gasteiger partial charge in [0.2, 0.25) is 0 Å². The van der Waals surface area contributed by atoms with E-state index in [2.05, 4.69) is 19.2 Å². The van der Waals surface area contributed by atoms with Gasteiger partial charge in [0.05, 0.1) is 0 Å². The average molecular weight is 227 g/mol. The molecule has 0 aromatic carbocycles. The van der Waals surface area contributed by atoms with Gasteiger partial charge in [-0.3, -0.25) is 0 Å². The summed E-state index contributed by atoms with van der Waals surface area (Å²) >= 11 is 0. The van der Waals surface area contributed by atoms with E-state index in [9.17, 15) is 0 Å². The monoisotopic (exact) mass is 227 g/mol. The summed E-state index contributed by atoms with van der Waals surface area (Å²) in [5.41, 5.74) is 0. The number of unbranched alkanes of at least 4 members (excludes halogenated alkanes) is 2. The van der Waals surface area contributed by atoms with Crippen LogP contribution in [-0.2, 0) is 4.74 Å². The van der Waals surface area contributed by atoms with Gasteiger partial charge in [-0.05, 0) is 50.5 Å². The third kappa shape index (κ3) is 4.84. The van der Waals surface area contributed by atoms with Crippen molar-refractivity contribution in [1.29, 1.82) is 0 Å². The molecule has 1 N–H and O–H groups in total. The topological polar surface area (TPSA) is 21.3 Å². The van der Waals surface area contributed by atoms with Crippen molar-refractivity contribution in [3.63, 3.8) is 0 Å². The van der Waals surface area contributed by atoms with Gasteiger partial charge in [0, 0.05) is 19.8 Å². The third-order valence-electron chi connectivity index (χ3n) is 3.95. The SMILES string of the molecule is COCCCCCNC1C(C)CCCC1C. The molecule has 0 heterocycles. The highest BCUT2D eigenvalue weighted by Gasteiger charge is 2.26. The van der Waals surface area contributed by atoms with Crippen LogP contribution in [0.3, 0.4) is 0 Å². The second kappa shape index (κ2) is 8.08. The maximum atomic E-state index is 5.05. The first-order valence-corrected chi connectivity index (χ1v) is 6.98. The second-order valence-electron chi connectivity index (χ2n) is 5.42. The van der Waals surface area contributed by atoms with Gasteiger partial charge in [-0.15, -0.1) is 0 Å². The highest BCUT2D eigenvalue weighted by molar-refractivity contribution is 4.83. The van der Waals surface area contributed by atoms with Crippen LogP contribution in [0.2, 0.25) is 0 Å². The summed E-state index contributed by atoms with van der Waals surface area (Å²) in [4.78, 5) is 0. The minimum absolute atomic E-state index is 0.760. The van der Waals surface area contributed by atoms with Crippen molar-refractivity contribution >= 4 is 0 Å². The van der Waals surface area contributed by atoms with Crippen molar-refractivity contribution in [3.05, 3.63) is 0 Å². The highest BCUT2D eigenvalue weighted by atomic mass is 16.5. The molecule has 0 saturated heterocycles. The molecule has 1 saturated carbocycles. The van der Waals surface area contributed by atoms with Crippen molar-refractivity contribution in [2.24, 2.45) is 11.8 Å². The molecule has 16 heavy (non-hydrogen) atoms. The molecule has 0 bridgehead atoms. The Labute approximate surface area is 101 Å². The first-order chi connectivity index (χ1) is 7.75. The van der Waals surface area contributed by atoms with E-state index in [1.165, 1.54) is 45.1 Å². The Kier molecular flexibility index (Phi) is 7.06. The van der Waals surface area contributed by atoms with E-state index >= 15 is 0 Å². The zero-order valence-corrected chi connectivity index (χ0v) is 11.3. The first kappa shape index (κ1) is 14.0. The van der Waals surface area contributed by atoms with Crippen LogP contribution in [0.4, 0.5) is 0 Å². The molecule has 2 heteroatoms. The van der Waals surface area contributed by atoms with Gasteiger partial charge in [-0.1, -0.05) is 20.3 Å². The lowest BCUT2D eigenvalue weighted by Gasteiger charge is -2.35. The number of hydrogen-bond donors (Lipinski definition) is 1. The van der Waals surface area contributed by atoms with Crippen LogP contribution in [-0.4, -0.2) is 26.3 Å². The molecule has 0 amide bonds. The molecule has 2 nitrogen and oxygen atoms in total. The summed E-state index contributed by atoms with van der Waals surface area (Å²) in [6, 6.07) is 0.760. The predicted octanol–water partition coefficient (Wildman–Crippen LogP) is 3.22. The molecule has 1 aliphatic carbocycles. The van der Waals surface area contributed by atoms with Crippen molar-refractivity contribution < 1.29 is 4.74 Å². The Hall–Kier alpha value is -0.0800. The normalized spacial score (nSPS) is 30.6. The molecule has 1 rings (SSSR count). The van der Waals surface area contributed by atoms with Crippen LogP contribution in [0.25, 0.3) is 0 Å². The van der Waals surface area contributed by atoms with Crippen molar-refractivity contribution in [3.8, 4) is 0 Å². The number of rotatable bonds is 7. The van der Waals surface area contributed by atoms with Crippen LogP contribution in [0.1, 0.15) is 52.4 Å². The average Bonchev–Trinajstić information content (AvgIpc) is 2.26. The number of nitrogens with one attached hydrogen (secondary N) is 1. The van der Waals surface area contributed by atoms with E-state index in [-0.39, 0.29) is 0 Å². The Bertz CT molecular complexity index is 162. The fraction of sp³-hybridized carbons (Fsp3) is 1.00. The van der Waals surface area contributed by atoms with Gasteiger partial charge in [-0.2, -0.15) is 0 Å². The Morgan fingerprint density at radius 3 is 2.38 bits per heavy atom. The molecular formula is C14H29NO. The standard InChI is InChI=1S/C14H29NO/c1-12-8-7-9-13(2)14(12)15-10-5-4-6-11-16-3/h12-15H,4-11H2,1-3H3. The van der Waals surface area contributed by atoms with Gasteiger partial charge < -0.3 is 10.1 Å². The van der Waals surface area contributed by atoms with E-state index in [4.69, 9.17) is 4.74 Å². The van der Waals surface area contributed by atoms with Gasteiger partial charge in [0.25, 0.3) is 0 Å². The Balaban J connectivity index is 2.06. The fourth-order valence-electron chi connectivity index (χ4n) is 2.90. The Morgan fingerprint density at radius 1 is 1.06 bits per heavy atom. The minimum Gasteiger partial charge on any atom is -0.385 e. The number of methoxy groups -OCH3 is 1. The van der Waals surface area contributed by atoms with Crippen LogP contribution in [0.15, 0.2) is 0 Å². The lowest BCUT2D eigenvalue weighted by atomic mass is 9.79. The summed E-state index contributed by atoms with van der Waals surface area (Å²) in [5, 5.41) is 3.76. The van der Waals surface area contributed by atoms with E-state index in [1.807, 2.05) is 0 Å².